The number of aromatic nitrogens is 1. The molecule has 1 unspecified atom stereocenters. The number of pyridine rings is 1. The van der Waals surface area contributed by atoms with Gasteiger partial charge in [0.25, 0.3) is 0 Å². The monoisotopic (exact) mass is 242 g/mol. The van der Waals surface area contributed by atoms with Crippen molar-refractivity contribution < 1.29 is 0 Å². The molecule has 1 N–H and O–H groups in total. The molecule has 0 spiro atoms. The van der Waals surface area contributed by atoms with Gasteiger partial charge in [0.05, 0.1) is 5.56 Å². The van der Waals surface area contributed by atoms with Crippen LogP contribution in [-0.2, 0) is 12.8 Å². The normalized spacial score (nSPS) is 22.8. The summed E-state index contributed by atoms with van der Waals surface area (Å²) in [5.41, 5.74) is 3.15. The van der Waals surface area contributed by atoms with Crippen molar-refractivity contribution in [1.82, 2.24) is 9.88 Å². The molecular formula is C14H18N4. The van der Waals surface area contributed by atoms with Crippen molar-refractivity contribution in [1.29, 1.82) is 5.26 Å². The van der Waals surface area contributed by atoms with Gasteiger partial charge in [0, 0.05) is 18.3 Å². The molecule has 2 aliphatic rings. The van der Waals surface area contributed by atoms with Gasteiger partial charge in [-0.25, -0.2) is 4.98 Å². The van der Waals surface area contributed by atoms with E-state index in [1.807, 2.05) is 6.07 Å². The molecule has 1 atom stereocenters. The number of hydrogen-bond acceptors (Lipinski definition) is 4. The second-order valence-electron chi connectivity index (χ2n) is 5.35. The zero-order valence-electron chi connectivity index (χ0n) is 10.7. The van der Waals surface area contributed by atoms with Crippen LogP contribution in [0.25, 0.3) is 0 Å². The highest BCUT2D eigenvalue weighted by atomic mass is 15.2. The Morgan fingerprint density at radius 2 is 2.39 bits per heavy atom. The van der Waals surface area contributed by atoms with Gasteiger partial charge in [0.2, 0.25) is 0 Å². The Bertz CT molecular complexity index is 503. The maximum Gasteiger partial charge on any atom is 0.144 e. The minimum absolute atomic E-state index is 0.425. The molecule has 0 aromatic carbocycles. The summed E-state index contributed by atoms with van der Waals surface area (Å²) in [6.45, 7) is 2.15. The zero-order valence-corrected chi connectivity index (χ0v) is 10.7. The van der Waals surface area contributed by atoms with Crippen molar-refractivity contribution >= 4 is 5.82 Å². The van der Waals surface area contributed by atoms with Gasteiger partial charge < -0.3 is 10.2 Å². The molecule has 4 heteroatoms. The van der Waals surface area contributed by atoms with Gasteiger partial charge in [-0.05, 0) is 50.9 Å². The van der Waals surface area contributed by atoms with E-state index in [4.69, 9.17) is 0 Å². The van der Waals surface area contributed by atoms with Gasteiger partial charge in [-0.2, -0.15) is 5.26 Å². The zero-order chi connectivity index (χ0) is 12.5. The van der Waals surface area contributed by atoms with E-state index >= 15 is 0 Å². The fourth-order valence-corrected chi connectivity index (χ4v) is 2.91. The molecule has 1 saturated heterocycles. The highest BCUT2D eigenvalue weighted by Crippen LogP contribution is 2.26. The molecule has 1 aromatic rings. The molecule has 4 nitrogen and oxygen atoms in total. The van der Waals surface area contributed by atoms with Crippen LogP contribution in [0.4, 0.5) is 5.82 Å². The van der Waals surface area contributed by atoms with Crippen LogP contribution in [0.3, 0.4) is 0 Å². The van der Waals surface area contributed by atoms with Crippen LogP contribution in [0.5, 0.6) is 0 Å². The Morgan fingerprint density at radius 3 is 3.11 bits per heavy atom. The molecule has 1 fully saturated rings. The van der Waals surface area contributed by atoms with E-state index in [-0.39, 0.29) is 0 Å². The molecule has 18 heavy (non-hydrogen) atoms. The van der Waals surface area contributed by atoms with Crippen molar-refractivity contribution in [3.8, 4) is 6.07 Å². The lowest BCUT2D eigenvalue weighted by Gasteiger charge is -2.15. The highest BCUT2D eigenvalue weighted by Gasteiger charge is 2.22. The molecule has 1 aliphatic heterocycles. The SMILES string of the molecule is CN1CCC(Nc2nc3c(cc2C#N)CCC3)C1. The Labute approximate surface area is 108 Å². The van der Waals surface area contributed by atoms with Crippen molar-refractivity contribution in [3.05, 3.63) is 22.9 Å². The number of nitriles is 1. The molecule has 0 bridgehead atoms. The molecule has 0 radical (unpaired) electrons. The first kappa shape index (κ1) is 11.5. The van der Waals surface area contributed by atoms with E-state index in [2.05, 4.69) is 28.3 Å². The van der Waals surface area contributed by atoms with E-state index in [1.165, 1.54) is 17.7 Å². The van der Waals surface area contributed by atoms with Crippen molar-refractivity contribution in [2.75, 3.05) is 25.5 Å². The van der Waals surface area contributed by atoms with E-state index in [9.17, 15) is 5.26 Å². The lowest BCUT2D eigenvalue weighted by Crippen LogP contribution is -2.24. The van der Waals surface area contributed by atoms with Crippen LogP contribution in [0.1, 0.15) is 29.7 Å². The van der Waals surface area contributed by atoms with Crippen molar-refractivity contribution in [3.63, 3.8) is 0 Å². The molecule has 3 rings (SSSR count). The van der Waals surface area contributed by atoms with E-state index in [1.54, 1.807) is 0 Å². The molecule has 1 aromatic heterocycles. The van der Waals surface area contributed by atoms with Gasteiger partial charge in [0.1, 0.15) is 11.9 Å². The first-order valence-corrected chi connectivity index (χ1v) is 6.64. The summed E-state index contributed by atoms with van der Waals surface area (Å²) in [5.74, 6) is 0.790. The van der Waals surface area contributed by atoms with Gasteiger partial charge in [-0.1, -0.05) is 0 Å². The van der Waals surface area contributed by atoms with Crippen LogP contribution in [-0.4, -0.2) is 36.1 Å². The second-order valence-corrected chi connectivity index (χ2v) is 5.35. The predicted molar refractivity (Wildman–Crippen MR) is 70.5 cm³/mol. The number of nitrogens with one attached hydrogen (secondary N) is 1. The smallest absolute Gasteiger partial charge is 0.144 e. The number of rotatable bonds is 2. The number of likely N-dealkylation sites (tertiary alicyclic amines) is 1. The summed E-state index contributed by atoms with van der Waals surface area (Å²) in [6.07, 6.45) is 4.42. The van der Waals surface area contributed by atoms with Crippen LogP contribution in [0, 0.1) is 11.3 Å². The number of fused-ring (bicyclic) bond motifs is 1. The Hall–Kier alpha value is -1.60. The van der Waals surface area contributed by atoms with E-state index in [0.717, 1.165) is 38.2 Å². The van der Waals surface area contributed by atoms with Gasteiger partial charge in [-0.3, -0.25) is 0 Å². The van der Waals surface area contributed by atoms with E-state index < -0.39 is 0 Å². The van der Waals surface area contributed by atoms with Crippen molar-refractivity contribution in [2.24, 2.45) is 0 Å². The number of nitrogens with zero attached hydrogens (tertiary/aromatic N) is 3. The maximum atomic E-state index is 9.24. The molecule has 2 heterocycles. The van der Waals surface area contributed by atoms with Crippen LogP contribution < -0.4 is 5.32 Å². The van der Waals surface area contributed by atoms with Gasteiger partial charge in [0.15, 0.2) is 0 Å². The molecule has 0 amide bonds. The fourth-order valence-electron chi connectivity index (χ4n) is 2.91. The van der Waals surface area contributed by atoms with Crippen molar-refractivity contribution in [2.45, 2.75) is 31.7 Å². The summed E-state index contributed by atoms with van der Waals surface area (Å²) in [4.78, 5) is 6.96. The third-order valence-corrected chi connectivity index (χ3v) is 3.90. The number of aryl methyl sites for hydroxylation is 2. The third-order valence-electron chi connectivity index (χ3n) is 3.90. The fraction of sp³-hybridized carbons (Fsp3) is 0.571. The number of anilines is 1. The highest BCUT2D eigenvalue weighted by molar-refractivity contribution is 5.55. The molecular weight excluding hydrogens is 224 g/mol. The Kier molecular flexibility index (Phi) is 2.92. The number of likely N-dealkylation sites (N-methyl/N-ethyl adjacent to an activating group) is 1. The lowest BCUT2D eigenvalue weighted by molar-refractivity contribution is 0.414. The average molecular weight is 242 g/mol. The largest absolute Gasteiger partial charge is 0.365 e. The summed E-state index contributed by atoms with van der Waals surface area (Å²) in [7, 11) is 2.13. The first-order chi connectivity index (χ1) is 8.76. The Balaban J connectivity index is 1.85. The van der Waals surface area contributed by atoms with E-state index in [0.29, 0.717) is 11.6 Å². The van der Waals surface area contributed by atoms with Crippen LogP contribution in [0.15, 0.2) is 6.07 Å². The standard InChI is InChI=1S/C14H18N4/c1-18-6-5-12(9-18)16-14-11(8-15)7-10-3-2-4-13(10)17-14/h7,12H,2-6,9H2,1H3,(H,16,17). The molecule has 94 valence electrons. The third kappa shape index (κ3) is 2.06. The van der Waals surface area contributed by atoms with Gasteiger partial charge in [-0.15, -0.1) is 0 Å². The second kappa shape index (κ2) is 4.58. The summed E-state index contributed by atoms with van der Waals surface area (Å²) < 4.78 is 0. The average Bonchev–Trinajstić information content (AvgIpc) is 2.97. The maximum absolute atomic E-state index is 9.24. The minimum Gasteiger partial charge on any atom is -0.365 e. The molecule has 1 aliphatic carbocycles. The quantitative estimate of drug-likeness (QED) is 0.855. The van der Waals surface area contributed by atoms with Crippen LogP contribution >= 0.6 is 0 Å². The van der Waals surface area contributed by atoms with Gasteiger partial charge >= 0.3 is 0 Å². The lowest BCUT2D eigenvalue weighted by atomic mass is 10.1. The minimum atomic E-state index is 0.425. The Morgan fingerprint density at radius 1 is 1.50 bits per heavy atom. The summed E-state index contributed by atoms with van der Waals surface area (Å²) >= 11 is 0. The van der Waals surface area contributed by atoms with Crippen LogP contribution in [0.2, 0.25) is 0 Å². The summed E-state index contributed by atoms with van der Waals surface area (Å²) in [6, 6.07) is 4.72. The predicted octanol–water partition coefficient (Wildman–Crippen LogP) is 1.56. The topological polar surface area (TPSA) is 52.0 Å². The first-order valence-electron chi connectivity index (χ1n) is 6.64. The molecule has 0 saturated carbocycles. The summed E-state index contributed by atoms with van der Waals surface area (Å²) in [5, 5.41) is 12.7. The number of hydrogen-bond donors (Lipinski definition) is 1.